The Morgan fingerprint density at radius 1 is 0.727 bits per heavy atom. The summed E-state index contributed by atoms with van der Waals surface area (Å²) in [5.41, 5.74) is 11.6. The fraction of sp³-hybridized carbons (Fsp3) is 0.125. The van der Waals surface area contributed by atoms with Gasteiger partial charge in [-0.3, -0.25) is 0 Å². The number of benzene rings is 4. The minimum atomic E-state index is -0.178. The number of hydrogen-bond donors (Lipinski definition) is 0. The molecule has 0 saturated carbocycles. The van der Waals surface area contributed by atoms with E-state index < -0.39 is 0 Å². The molecule has 1 atom stereocenters. The lowest BCUT2D eigenvalue weighted by Gasteiger charge is -2.25. The maximum atomic E-state index is 2.50. The summed E-state index contributed by atoms with van der Waals surface area (Å²) in [5.74, 6) is 0. The third kappa shape index (κ3) is 2.93. The first kappa shape index (κ1) is 19.8. The first-order chi connectivity index (χ1) is 16.1. The van der Waals surface area contributed by atoms with Crippen LogP contribution in [-0.2, 0) is 12.5 Å². The van der Waals surface area contributed by atoms with E-state index in [0.29, 0.717) is 0 Å². The Bertz CT molecular complexity index is 1520. The minimum absolute atomic E-state index is 0.178. The van der Waals surface area contributed by atoms with Crippen LogP contribution < -0.4 is 0 Å². The molecule has 1 aromatic heterocycles. The Morgan fingerprint density at radius 3 is 2.15 bits per heavy atom. The second kappa shape index (κ2) is 7.35. The van der Waals surface area contributed by atoms with Crippen molar-refractivity contribution >= 4 is 16.5 Å². The summed E-state index contributed by atoms with van der Waals surface area (Å²) in [7, 11) is 2.19. The molecule has 0 unspecified atom stereocenters. The van der Waals surface area contributed by atoms with Crippen LogP contribution in [0.3, 0.4) is 0 Å². The maximum Gasteiger partial charge on any atom is 0.0568 e. The predicted octanol–water partition coefficient (Wildman–Crippen LogP) is 7.91. The number of aromatic nitrogens is 1. The lowest BCUT2D eigenvalue weighted by molar-refractivity contribution is 0.737. The Morgan fingerprint density at radius 2 is 1.39 bits per heavy atom. The van der Waals surface area contributed by atoms with E-state index in [1.165, 1.54) is 55.6 Å². The van der Waals surface area contributed by atoms with Gasteiger partial charge in [-0.1, -0.05) is 109 Å². The van der Waals surface area contributed by atoms with Gasteiger partial charge in [-0.2, -0.15) is 0 Å². The number of fused-ring (bicyclic) bond motifs is 2. The first-order valence-corrected chi connectivity index (χ1v) is 11.6. The minimum Gasteiger partial charge on any atom is -0.343 e. The second-order valence-electron chi connectivity index (χ2n) is 9.34. The molecule has 33 heavy (non-hydrogen) atoms. The van der Waals surface area contributed by atoms with Crippen LogP contribution in [0.2, 0.25) is 0 Å². The Labute approximate surface area is 195 Å². The fourth-order valence-electron chi connectivity index (χ4n) is 5.60. The molecule has 5 aromatic rings. The number of rotatable bonds is 3. The van der Waals surface area contributed by atoms with Gasteiger partial charge >= 0.3 is 0 Å². The molecule has 1 heteroatoms. The zero-order valence-electron chi connectivity index (χ0n) is 19.3. The van der Waals surface area contributed by atoms with E-state index in [2.05, 4.69) is 135 Å². The molecule has 0 N–H and O–H groups in total. The number of para-hydroxylation sites is 1. The number of aryl methyl sites for hydroxylation is 2. The van der Waals surface area contributed by atoms with Crippen molar-refractivity contribution in [3.05, 3.63) is 137 Å². The standard InChI is InChI=1S/C32H27N/c1-22-18-19-25-27(21-32(2,28(25)20-22)24-14-8-5-9-15-24)30-26-16-10-11-17-29(26)33(3)31(30)23-12-6-4-7-13-23/h4-21H,1-3H3/t32-/m1/s1. The van der Waals surface area contributed by atoms with Crippen molar-refractivity contribution < 1.29 is 0 Å². The molecule has 1 heterocycles. The van der Waals surface area contributed by atoms with E-state index in [0.717, 1.165) is 0 Å². The van der Waals surface area contributed by atoms with Crippen molar-refractivity contribution in [1.29, 1.82) is 0 Å². The van der Waals surface area contributed by atoms with E-state index in [1.807, 2.05) is 0 Å². The lowest BCUT2D eigenvalue weighted by atomic mass is 9.78. The largest absolute Gasteiger partial charge is 0.343 e. The van der Waals surface area contributed by atoms with Gasteiger partial charge in [-0.15, -0.1) is 0 Å². The molecule has 6 rings (SSSR count). The van der Waals surface area contributed by atoms with Crippen LogP contribution in [0.25, 0.3) is 27.7 Å². The summed E-state index contributed by atoms with van der Waals surface area (Å²) in [6.45, 7) is 4.55. The Hall–Kier alpha value is -3.84. The zero-order valence-corrected chi connectivity index (χ0v) is 19.3. The smallest absolute Gasteiger partial charge is 0.0568 e. The SMILES string of the molecule is Cc1ccc2c(c1)[C@@](C)(c1ccccc1)C=C2c1c(-c2ccccc2)n(C)c2ccccc12. The maximum absolute atomic E-state index is 2.50. The van der Waals surface area contributed by atoms with Gasteiger partial charge in [-0.25, -0.2) is 0 Å². The molecule has 160 valence electrons. The van der Waals surface area contributed by atoms with Crippen LogP contribution in [-0.4, -0.2) is 4.57 Å². The average Bonchev–Trinajstić information content (AvgIpc) is 3.32. The van der Waals surface area contributed by atoms with Gasteiger partial charge in [0.05, 0.1) is 5.69 Å². The van der Waals surface area contributed by atoms with E-state index >= 15 is 0 Å². The van der Waals surface area contributed by atoms with Gasteiger partial charge in [0, 0.05) is 28.9 Å². The molecule has 1 aliphatic carbocycles. The normalized spacial score (nSPS) is 17.2. The molecule has 0 saturated heterocycles. The number of nitrogens with zero attached hydrogens (tertiary/aromatic N) is 1. The van der Waals surface area contributed by atoms with Gasteiger partial charge in [-0.05, 0) is 47.7 Å². The lowest BCUT2D eigenvalue weighted by Crippen LogP contribution is -2.18. The highest BCUT2D eigenvalue weighted by atomic mass is 15.0. The van der Waals surface area contributed by atoms with E-state index in [9.17, 15) is 0 Å². The molecular formula is C32H27N. The summed E-state index contributed by atoms with van der Waals surface area (Å²) in [4.78, 5) is 0. The summed E-state index contributed by atoms with van der Waals surface area (Å²) in [5, 5.41) is 1.30. The third-order valence-corrected chi connectivity index (χ3v) is 7.25. The van der Waals surface area contributed by atoms with Gasteiger partial charge < -0.3 is 4.57 Å². The van der Waals surface area contributed by atoms with Gasteiger partial charge in [0.1, 0.15) is 0 Å². The van der Waals surface area contributed by atoms with Crippen LogP contribution >= 0.6 is 0 Å². The van der Waals surface area contributed by atoms with Crippen molar-refractivity contribution in [2.45, 2.75) is 19.3 Å². The molecule has 0 amide bonds. The molecule has 0 spiro atoms. The van der Waals surface area contributed by atoms with E-state index in [4.69, 9.17) is 0 Å². The molecule has 0 bridgehead atoms. The van der Waals surface area contributed by atoms with Crippen molar-refractivity contribution in [2.75, 3.05) is 0 Å². The van der Waals surface area contributed by atoms with Gasteiger partial charge in [0.15, 0.2) is 0 Å². The summed E-state index contributed by atoms with van der Waals surface area (Å²) >= 11 is 0. The van der Waals surface area contributed by atoms with Crippen molar-refractivity contribution in [1.82, 2.24) is 4.57 Å². The van der Waals surface area contributed by atoms with Gasteiger partial charge in [0.25, 0.3) is 0 Å². The monoisotopic (exact) mass is 425 g/mol. The summed E-state index contributed by atoms with van der Waals surface area (Å²) in [6, 6.07) is 37.4. The highest BCUT2D eigenvalue weighted by Gasteiger charge is 2.37. The van der Waals surface area contributed by atoms with Crippen LogP contribution in [0.4, 0.5) is 0 Å². The topological polar surface area (TPSA) is 4.93 Å². The third-order valence-electron chi connectivity index (χ3n) is 7.25. The van der Waals surface area contributed by atoms with Crippen molar-refractivity contribution in [3.8, 4) is 11.3 Å². The predicted molar refractivity (Wildman–Crippen MR) is 140 cm³/mol. The summed E-state index contributed by atoms with van der Waals surface area (Å²) in [6.07, 6.45) is 2.50. The van der Waals surface area contributed by atoms with Crippen LogP contribution in [0.5, 0.6) is 0 Å². The molecule has 0 fully saturated rings. The zero-order chi connectivity index (χ0) is 22.6. The van der Waals surface area contributed by atoms with Crippen LogP contribution in [0.15, 0.2) is 109 Å². The van der Waals surface area contributed by atoms with Gasteiger partial charge in [0.2, 0.25) is 0 Å². The van der Waals surface area contributed by atoms with Crippen molar-refractivity contribution in [2.24, 2.45) is 7.05 Å². The molecule has 1 aliphatic rings. The highest BCUT2D eigenvalue weighted by Crippen LogP contribution is 2.50. The first-order valence-electron chi connectivity index (χ1n) is 11.6. The quantitative estimate of drug-likeness (QED) is 0.277. The van der Waals surface area contributed by atoms with Crippen LogP contribution in [0.1, 0.15) is 34.7 Å². The molecule has 0 radical (unpaired) electrons. The molecule has 1 nitrogen and oxygen atoms in total. The molecule has 0 aliphatic heterocycles. The van der Waals surface area contributed by atoms with Crippen molar-refractivity contribution in [3.63, 3.8) is 0 Å². The summed E-state index contributed by atoms with van der Waals surface area (Å²) < 4.78 is 2.35. The Kier molecular flexibility index (Phi) is 4.41. The Balaban J connectivity index is 1.72. The van der Waals surface area contributed by atoms with E-state index in [1.54, 1.807) is 0 Å². The molecule has 4 aromatic carbocycles. The number of allylic oxidation sites excluding steroid dienone is 1. The van der Waals surface area contributed by atoms with Crippen LogP contribution in [0, 0.1) is 6.92 Å². The average molecular weight is 426 g/mol. The highest BCUT2D eigenvalue weighted by molar-refractivity contribution is 6.06. The number of hydrogen-bond acceptors (Lipinski definition) is 0. The molecular weight excluding hydrogens is 398 g/mol. The van der Waals surface area contributed by atoms with E-state index in [-0.39, 0.29) is 5.41 Å². The fourth-order valence-corrected chi connectivity index (χ4v) is 5.60. The second-order valence-corrected chi connectivity index (χ2v) is 9.34.